The molecule has 0 fully saturated rings. The monoisotopic (exact) mass is 502 g/mol. The molecular formula is C28H46N4O4. The molecule has 202 valence electrons. The summed E-state index contributed by atoms with van der Waals surface area (Å²) in [5.74, 6) is -1.61. The lowest BCUT2D eigenvalue weighted by molar-refractivity contribution is -0.141. The van der Waals surface area contributed by atoms with Crippen LogP contribution in [-0.4, -0.2) is 60.0 Å². The molecule has 0 saturated carbocycles. The molecule has 8 nitrogen and oxygen atoms in total. The lowest BCUT2D eigenvalue weighted by Gasteiger charge is -2.40. The predicted octanol–water partition coefficient (Wildman–Crippen LogP) is 3.06. The van der Waals surface area contributed by atoms with Gasteiger partial charge in [0.1, 0.15) is 6.04 Å². The molecule has 5 N–H and O–H groups in total. The fourth-order valence-corrected chi connectivity index (χ4v) is 4.36. The number of carboxylic acids is 1. The van der Waals surface area contributed by atoms with E-state index in [1.807, 2.05) is 72.7 Å². The van der Waals surface area contributed by atoms with Crippen molar-refractivity contribution in [3.05, 3.63) is 47.0 Å². The Labute approximate surface area is 216 Å². The average molecular weight is 503 g/mol. The fraction of sp³-hybridized carbons (Fsp3) is 0.607. The van der Waals surface area contributed by atoms with Gasteiger partial charge in [-0.1, -0.05) is 78.8 Å². The second-order valence-electron chi connectivity index (χ2n) is 11.5. The van der Waals surface area contributed by atoms with Gasteiger partial charge in [0.15, 0.2) is 0 Å². The molecule has 0 aliphatic heterocycles. The Hall–Kier alpha value is -2.71. The number of nitrogens with zero attached hydrogens (tertiary/aromatic N) is 1. The Kier molecular flexibility index (Phi) is 10.9. The summed E-state index contributed by atoms with van der Waals surface area (Å²) < 4.78 is 0. The van der Waals surface area contributed by atoms with E-state index in [4.69, 9.17) is 5.73 Å². The number of carbonyl (C=O) groups excluding carboxylic acids is 2. The molecule has 1 aromatic carbocycles. The Morgan fingerprint density at radius 1 is 1.06 bits per heavy atom. The standard InChI is InChI=1S/C28H46N4O4/c1-17(2)21(15-18(3)26(35)36)32(10)25(34)23(27(4,5)6)31-24(33)22(30-9)28(7,8)20-13-11-19(16-29)12-14-20/h11-15,17,21-23,30H,16,29H2,1-10H3,(H,31,33)(H,35,36)/b18-15+/t21-,22-,23-/m1/s1. The molecule has 2 amide bonds. The molecule has 0 saturated heterocycles. The van der Waals surface area contributed by atoms with Gasteiger partial charge in [0, 0.05) is 24.6 Å². The van der Waals surface area contributed by atoms with Crippen LogP contribution >= 0.6 is 0 Å². The van der Waals surface area contributed by atoms with Gasteiger partial charge in [0.25, 0.3) is 0 Å². The maximum Gasteiger partial charge on any atom is 0.331 e. The van der Waals surface area contributed by atoms with Crippen LogP contribution in [0, 0.1) is 11.3 Å². The molecule has 0 bridgehead atoms. The molecule has 0 spiro atoms. The van der Waals surface area contributed by atoms with Gasteiger partial charge in [0.05, 0.1) is 12.1 Å². The molecule has 0 aliphatic carbocycles. The number of benzene rings is 1. The summed E-state index contributed by atoms with van der Waals surface area (Å²) in [5, 5.41) is 15.5. The Bertz CT molecular complexity index is 945. The molecule has 3 atom stereocenters. The number of likely N-dealkylation sites (N-methyl/N-ethyl adjacent to an activating group) is 2. The SMILES string of the molecule is CN[C@H](C(=O)N[C@H](C(=O)N(C)[C@H](/C=C(\C)C(=O)O)C(C)C)C(C)(C)C)C(C)(C)c1ccc(CN)cc1. The maximum absolute atomic E-state index is 13.7. The van der Waals surface area contributed by atoms with Gasteiger partial charge in [-0.2, -0.15) is 0 Å². The van der Waals surface area contributed by atoms with Crippen LogP contribution in [0.5, 0.6) is 0 Å². The van der Waals surface area contributed by atoms with Gasteiger partial charge in [-0.05, 0) is 36.4 Å². The lowest BCUT2D eigenvalue weighted by Crippen LogP contribution is -2.61. The Morgan fingerprint density at radius 2 is 1.58 bits per heavy atom. The van der Waals surface area contributed by atoms with Crippen LogP contribution in [0.2, 0.25) is 0 Å². The van der Waals surface area contributed by atoms with Crippen LogP contribution in [0.25, 0.3) is 0 Å². The fourth-order valence-electron chi connectivity index (χ4n) is 4.36. The first-order chi connectivity index (χ1) is 16.5. The number of amides is 2. The second kappa shape index (κ2) is 12.5. The summed E-state index contributed by atoms with van der Waals surface area (Å²) in [5.41, 5.74) is 6.71. The minimum absolute atomic E-state index is 0.0231. The highest BCUT2D eigenvalue weighted by Crippen LogP contribution is 2.29. The molecule has 0 heterocycles. The van der Waals surface area contributed by atoms with Crippen molar-refractivity contribution >= 4 is 17.8 Å². The maximum atomic E-state index is 13.7. The van der Waals surface area contributed by atoms with Crippen LogP contribution in [0.1, 0.15) is 66.5 Å². The number of carboxylic acid groups (broad SMARTS) is 1. The third-order valence-corrected chi connectivity index (χ3v) is 6.84. The van der Waals surface area contributed by atoms with Gasteiger partial charge in [-0.3, -0.25) is 9.59 Å². The van der Waals surface area contributed by atoms with Gasteiger partial charge in [-0.25, -0.2) is 4.79 Å². The van der Waals surface area contributed by atoms with Crippen molar-refractivity contribution < 1.29 is 19.5 Å². The quantitative estimate of drug-likeness (QED) is 0.345. The van der Waals surface area contributed by atoms with E-state index < -0.39 is 34.9 Å². The average Bonchev–Trinajstić information content (AvgIpc) is 2.79. The summed E-state index contributed by atoms with van der Waals surface area (Å²) in [6.07, 6.45) is 1.59. The summed E-state index contributed by atoms with van der Waals surface area (Å²) in [7, 11) is 3.39. The minimum Gasteiger partial charge on any atom is -0.478 e. The highest BCUT2D eigenvalue weighted by atomic mass is 16.4. The number of hydrogen-bond acceptors (Lipinski definition) is 5. The largest absolute Gasteiger partial charge is 0.478 e. The van der Waals surface area contributed by atoms with Crippen molar-refractivity contribution in [1.29, 1.82) is 0 Å². The van der Waals surface area contributed by atoms with Gasteiger partial charge in [-0.15, -0.1) is 0 Å². The van der Waals surface area contributed by atoms with E-state index in [2.05, 4.69) is 10.6 Å². The molecule has 1 aromatic rings. The van der Waals surface area contributed by atoms with E-state index in [-0.39, 0.29) is 23.3 Å². The molecule has 0 radical (unpaired) electrons. The van der Waals surface area contributed by atoms with Crippen LogP contribution in [0.15, 0.2) is 35.9 Å². The number of rotatable bonds is 11. The van der Waals surface area contributed by atoms with Crippen LogP contribution in [0.4, 0.5) is 0 Å². The molecule has 8 heteroatoms. The van der Waals surface area contributed by atoms with E-state index in [1.165, 1.54) is 6.92 Å². The Balaban J connectivity index is 3.30. The normalized spacial score (nSPS) is 15.3. The van der Waals surface area contributed by atoms with Crippen LogP contribution < -0.4 is 16.4 Å². The molecular weight excluding hydrogens is 456 g/mol. The number of aliphatic carboxylic acids is 1. The molecule has 36 heavy (non-hydrogen) atoms. The number of nitrogens with one attached hydrogen (secondary N) is 2. The minimum atomic E-state index is -1.03. The van der Waals surface area contributed by atoms with Gasteiger partial charge < -0.3 is 26.4 Å². The lowest BCUT2D eigenvalue weighted by atomic mass is 9.76. The first-order valence-corrected chi connectivity index (χ1v) is 12.4. The number of hydrogen-bond donors (Lipinski definition) is 4. The highest BCUT2D eigenvalue weighted by molar-refractivity contribution is 5.91. The summed E-state index contributed by atoms with van der Waals surface area (Å²) >= 11 is 0. The first-order valence-electron chi connectivity index (χ1n) is 12.4. The van der Waals surface area contributed by atoms with E-state index in [1.54, 1.807) is 25.1 Å². The van der Waals surface area contributed by atoms with Crippen molar-refractivity contribution in [3.63, 3.8) is 0 Å². The van der Waals surface area contributed by atoms with Crippen LogP contribution in [-0.2, 0) is 26.3 Å². The second-order valence-corrected chi connectivity index (χ2v) is 11.5. The smallest absolute Gasteiger partial charge is 0.331 e. The third kappa shape index (κ3) is 7.64. The van der Waals surface area contributed by atoms with Gasteiger partial charge >= 0.3 is 5.97 Å². The highest BCUT2D eigenvalue weighted by Gasteiger charge is 2.41. The van der Waals surface area contributed by atoms with E-state index in [0.29, 0.717) is 6.54 Å². The van der Waals surface area contributed by atoms with Crippen molar-refractivity contribution in [2.75, 3.05) is 14.1 Å². The predicted molar refractivity (Wildman–Crippen MR) is 144 cm³/mol. The topological polar surface area (TPSA) is 125 Å². The van der Waals surface area contributed by atoms with Crippen molar-refractivity contribution in [3.8, 4) is 0 Å². The molecule has 0 unspecified atom stereocenters. The van der Waals surface area contributed by atoms with Crippen molar-refractivity contribution in [2.24, 2.45) is 17.1 Å². The molecule has 0 aromatic heterocycles. The van der Waals surface area contributed by atoms with E-state index in [9.17, 15) is 19.5 Å². The molecule has 0 aliphatic rings. The zero-order chi connectivity index (χ0) is 28.0. The van der Waals surface area contributed by atoms with E-state index >= 15 is 0 Å². The number of nitrogens with two attached hydrogens (primary N) is 1. The summed E-state index contributed by atoms with van der Waals surface area (Å²) in [4.78, 5) is 40.3. The first kappa shape index (κ1) is 31.3. The molecule has 1 rings (SSSR count). The zero-order valence-electron chi connectivity index (χ0n) is 23.6. The van der Waals surface area contributed by atoms with Crippen molar-refractivity contribution in [2.45, 2.75) is 85.5 Å². The van der Waals surface area contributed by atoms with Crippen molar-refractivity contribution in [1.82, 2.24) is 15.5 Å². The Morgan fingerprint density at radius 3 is 1.97 bits per heavy atom. The van der Waals surface area contributed by atoms with E-state index in [0.717, 1.165) is 11.1 Å². The number of carbonyl (C=O) groups is 3. The summed E-state index contributed by atoms with van der Waals surface area (Å²) in [6, 6.07) is 6.00. The zero-order valence-corrected chi connectivity index (χ0v) is 23.6. The third-order valence-electron chi connectivity index (χ3n) is 6.84. The van der Waals surface area contributed by atoms with Crippen LogP contribution in [0.3, 0.4) is 0 Å². The van der Waals surface area contributed by atoms with Gasteiger partial charge in [0.2, 0.25) is 11.8 Å². The summed E-state index contributed by atoms with van der Waals surface area (Å²) in [6.45, 7) is 15.5.